The van der Waals surface area contributed by atoms with Crippen molar-refractivity contribution in [1.29, 1.82) is 0 Å². The molecule has 0 radical (unpaired) electrons. The summed E-state index contributed by atoms with van der Waals surface area (Å²) in [5, 5.41) is 8.97. The first-order valence-electron chi connectivity index (χ1n) is 10.2. The molecule has 4 rings (SSSR count). The molecule has 3 heterocycles. The van der Waals surface area contributed by atoms with Crippen LogP contribution in [0.4, 0.5) is 5.69 Å². The van der Waals surface area contributed by atoms with Gasteiger partial charge in [-0.15, -0.1) is 12.4 Å². The van der Waals surface area contributed by atoms with Crippen molar-refractivity contribution in [1.82, 2.24) is 19.6 Å². The second kappa shape index (κ2) is 9.45. The van der Waals surface area contributed by atoms with Gasteiger partial charge in [0.25, 0.3) is 5.56 Å². The zero-order valence-corrected chi connectivity index (χ0v) is 18.3. The van der Waals surface area contributed by atoms with E-state index in [1.54, 1.807) is 12.3 Å². The van der Waals surface area contributed by atoms with E-state index in [2.05, 4.69) is 21.2 Å². The first kappa shape index (κ1) is 22.1. The zero-order valence-electron chi connectivity index (χ0n) is 17.5. The van der Waals surface area contributed by atoms with E-state index in [1.807, 2.05) is 42.8 Å². The van der Waals surface area contributed by atoms with Crippen molar-refractivity contribution >= 4 is 18.1 Å². The average molecular weight is 429 g/mol. The van der Waals surface area contributed by atoms with Crippen LogP contribution in [-0.4, -0.2) is 39.2 Å². The van der Waals surface area contributed by atoms with E-state index in [1.165, 1.54) is 4.68 Å². The quantitative estimate of drug-likeness (QED) is 0.675. The maximum atomic E-state index is 12.7. The Morgan fingerprint density at radius 3 is 2.50 bits per heavy atom. The number of anilines is 1. The summed E-state index contributed by atoms with van der Waals surface area (Å²) >= 11 is 0. The molecule has 1 fully saturated rings. The van der Waals surface area contributed by atoms with Crippen LogP contribution in [-0.2, 0) is 6.54 Å². The number of nitrogens with zero attached hydrogens (tertiary/aromatic N) is 5. The van der Waals surface area contributed by atoms with Crippen molar-refractivity contribution in [3.05, 3.63) is 69.9 Å². The molecule has 1 aliphatic rings. The minimum absolute atomic E-state index is 0. The van der Waals surface area contributed by atoms with Crippen molar-refractivity contribution in [3.8, 4) is 5.69 Å². The number of aromatic nitrogens is 4. The van der Waals surface area contributed by atoms with Crippen LogP contribution in [0.25, 0.3) is 5.69 Å². The lowest BCUT2D eigenvalue weighted by atomic mass is 9.97. The van der Waals surface area contributed by atoms with Crippen molar-refractivity contribution in [2.75, 3.05) is 24.5 Å². The monoisotopic (exact) mass is 428 g/mol. The van der Waals surface area contributed by atoms with Gasteiger partial charge in [-0.2, -0.15) is 10.2 Å². The van der Waals surface area contributed by atoms with E-state index in [4.69, 9.17) is 5.73 Å². The third-order valence-electron chi connectivity index (χ3n) is 5.67. The number of hydrogen-bond acceptors (Lipinski definition) is 5. The van der Waals surface area contributed by atoms with E-state index in [9.17, 15) is 4.79 Å². The summed E-state index contributed by atoms with van der Waals surface area (Å²) in [7, 11) is 0. The van der Waals surface area contributed by atoms with Crippen molar-refractivity contribution in [2.45, 2.75) is 33.2 Å². The Hall–Kier alpha value is -2.64. The fraction of sp³-hybridized carbons (Fsp3) is 0.409. The highest BCUT2D eigenvalue weighted by Gasteiger charge is 2.19. The molecule has 0 bridgehead atoms. The number of piperidine rings is 1. The molecular formula is C22H29ClN6O. The molecule has 0 aliphatic carbocycles. The summed E-state index contributed by atoms with van der Waals surface area (Å²) in [6.45, 7) is 7.05. The van der Waals surface area contributed by atoms with Gasteiger partial charge >= 0.3 is 0 Å². The maximum absolute atomic E-state index is 12.7. The molecule has 0 unspecified atom stereocenters. The summed E-state index contributed by atoms with van der Waals surface area (Å²) in [5.41, 5.74) is 10.7. The van der Waals surface area contributed by atoms with Crippen LogP contribution in [0, 0.1) is 19.8 Å². The van der Waals surface area contributed by atoms with Gasteiger partial charge in [0.05, 0.1) is 29.8 Å². The highest BCUT2D eigenvalue weighted by molar-refractivity contribution is 5.85. The average Bonchev–Trinajstić information content (AvgIpc) is 3.08. The highest BCUT2D eigenvalue weighted by atomic mass is 35.5. The molecule has 3 aromatic rings. The van der Waals surface area contributed by atoms with E-state index in [0.29, 0.717) is 12.5 Å². The van der Waals surface area contributed by atoms with E-state index < -0.39 is 0 Å². The summed E-state index contributed by atoms with van der Waals surface area (Å²) in [5.74, 6) is 0.592. The summed E-state index contributed by atoms with van der Waals surface area (Å²) in [6, 6.07) is 11.8. The van der Waals surface area contributed by atoms with Crippen molar-refractivity contribution in [3.63, 3.8) is 0 Å². The molecule has 2 N–H and O–H groups in total. The molecule has 30 heavy (non-hydrogen) atoms. The standard InChI is InChI=1S/C22H28N6O.ClH/c1-16-10-17(2)28(25-16)20-5-3-4-19(11-20)15-27-22(29)12-21(14-24-27)26-8-6-18(13-23)7-9-26;/h3-5,10-12,14,18H,6-9,13,15,23H2,1-2H3;1H. The van der Waals surface area contributed by atoms with Crippen LogP contribution in [0.1, 0.15) is 29.8 Å². The molecule has 1 aliphatic heterocycles. The Morgan fingerprint density at radius 1 is 1.10 bits per heavy atom. The van der Waals surface area contributed by atoms with Crippen molar-refractivity contribution < 1.29 is 0 Å². The topological polar surface area (TPSA) is 82.0 Å². The van der Waals surface area contributed by atoms with Gasteiger partial charge in [0, 0.05) is 24.8 Å². The number of benzene rings is 1. The third kappa shape index (κ3) is 4.74. The summed E-state index contributed by atoms with van der Waals surface area (Å²) in [6.07, 6.45) is 3.94. The second-order valence-corrected chi connectivity index (χ2v) is 7.88. The number of rotatable bonds is 5. The largest absolute Gasteiger partial charge is 0.370 e. The first-order chi connectivity index (χ1) is 14.0. The molecule has 160 valence electrons. The molecular weight excluding hydrogens is 400 g/mol. The van der Waals surface area contributed by atoms with E-state index in [0.717, 1.165) is 60.8 Å². The maximum Gasteiger partial charge on any atom is 0.269 e. The fourth-order valence-corrected chi connectivity index (χ4v) is 3.99. The fourth-order valence-electron chi connectivity index (χ4n) is 3.99. The van der Waals surface area contributed by atoms with Crippen LogP contribution in [0.15, 0.2) is 47.4 Å². The molecule has 8 heteroatoms. The lowest BCUT2D eigenvalue weighted by molar-refractivity contribution is 0.414. The van der Waals surface area contributed by atoms with Gasteiger partial charge in [-0.05, 0) is 62.9 Å². The lowest BCUT2D eigenvalue weighted by Crippen LogP contribution is -2.37. The number of aryl methyl sites for hydroxylation is 2. The Labute approximate surface area is 182 Å². The SMILES string of the molecule is Cc1cc(C)n(-c2cccc(Cn3ncc(N4CCC(CN)CC4)cc3=O)c2)n1.Cl. The van der Waals surface area contributed by atoms with Gasteiger partial charge in [-0.25, -0.2) is 9.36 Å². The highest BCUT2D eigenvalue weighted by Crippen LogP contribution is 2.21. The number of hydrogen-bond donors (Lipinski definition) is 1. The molecule has 1 aromatic carbocycles. The Balaban J connectivity index is 0.00000256. The Morgan fingerprint density at radius 2 is 1.87 bits per heavy atom. The summed E-state index contributed by atoms with van der Waals surface area (Å²) in [4.78, 5) is 14.9. The number of nitrogens with two attached hydrogens (primary N) is 1. The van der Waals surface area contributed by atoms with E-state index in [-0.39, 0.29) is 18.0 Å². The van der Waals surface area contributed by atoms with Crippen LogP contribution >= 0.6 is 12.4 Å². The van der Waals surface area contributed by atoms with Gasteiger partial charge in [0.1, 0.15) is 0 Å². The lowest BCUT2D eigenvalue weighted by Gasteiger charge is -2.32. The van der Waals surface area contributed by atoms with Gasteiger partial charge < -0.3 is 10.6 Å². The van der Waals surface area contributed by atoms with Crippen molar-refractivity contribution in [2.24, 2.45) is 11.7 Å². The van der Waals surface area contributed by atoms with Crippen LogP contribution in [0.3, 0.4) is 0 Å². The molecule has 7 nitrogen and oxygen atoms in total. The van der Waals surface area contributed by atoms with Gasteiger partial charge in [-0.1, -0.05) is 12.1 Å². The molecule has 0 saturated carbocycles. The van der Waals surface area contributed by atoms with Gasteiger partial charge in [-0.3, -0.25) is 4.79 Å². The minimum Gasteiger partial charge on any atom is -0.370 e. The molecule has 2 aromatic heterocycles. The van der Waals surface area contributed by atoms with Crippen LogP contribution in [0.5, 0.6) is 0 Å². The Kier molecular flexibility index (Phi) is 6.95. The minimum atomic E-state index is -0.0834. The number of halogens is 1. The van der Waals surface area contributed by atoms with Gasteiger partial charge in [0.15, 0.2) is 0 Å². The predicted octanol–water partition coefficient (Wildman–Crippen LogP) is 2.69. The zero-order chi connectivity index (χ0) is 20.4. The first-order valence-corrected chi connectivity index (χ1v) is 10.2. The smallest absolute Gasteiger partial charge is 0.269 e. The Bertz CT molecular complexity index is 1050. The molecule has 1 saturated heterocycles. The van der Waals surface area contributed by atoms with Crippen LogP contribution < -0.4 is 16.2 Å². The van der Waals surface area contributed by atoms with Gasteiger partial charge in [0.2, 0.25) is 0 Å². The van der Waals surface area contributed by atoms with E-state index >= 15 is 0 Å². The normalized spacial score (nSPS) is 14.6. The summed E-state index contributed by atoms with van der Waals surface area (Å²) < 4.78 is 3.43. The molecule has 0 atom stereocenters. The predicted molar refractivity (Wildman–Crippen MR) is 122 cm³/mol. The second-order valence-electron chi connectivity index (χ2n) is 7.88. The molecule has 0 spiro atoms. The molecule has 0 amide bonds. The third-order valence-corrected chi connectivity index (χ3v) is 5.67. The van der Waals surface area contributed by atoms with Crippen LogP contribution in [0.2, 0.25) is 0 Å².